The smallest absolute Gasteiger partial charge is 0.222 e. The number of rotatable bonds is 4. The van der Waals surface area contributed by atoms with Crippen molar-refractivity contribution < 1.29 is 9.90 Å². The van der Waals surface area contributed by atoms with Gasteiger partial charge in [-0.25, -0.2) is 0 Å². The summed E-state index contributed by atoms with van der Waals surface area (Å²) < 4.78 is 0. The molecule has 1 aromatic rings. The molecule has 0 radical (unpaired) electrons. The van der Waals surface area contributed by atoms with Gasteiger partial charge < -0.3 is 10.0 Å². The number of nitrogens with zero attached hydrogens (tertiary/aromatic N) is 2. The van der Waals surface area contributed by atoms with Crippen molar-refractivity contribution in [1.82, 2.24) is 9.80 Å². The number of carbonyl (C=O) groups is 1. The molecule has 23 heavy (non-hydrogen) atoms. The summed E-state index contributed by atoms with van der Waals surface area (Å²) in [5.74, 6) is 0.819. The molecule has 2 saturated heterocycles. The summed E-state index contributed by atoms with van der Waals surface area (Å²) in [6, 6.07) is 10.6. The Bertz CT molecular complexity index is 489. The van der Waals surface area contributed by atoms with Crippen molar-refractivity contribution in [2.24, 2.45) is 5.92 Å². The highest BCUT2D eigenvalue weighted by atomic mass is 16.3. The predicted octanol–water partition coefficient (Wildman–Crippen LogP) is 2.27. The van der Waals surface area contributed by atoms with E-state index in [9.17, 15) is 9.90 Å². The van der Waals surface area contributed by atoms with E-state index in [1.165, 1.54) is 5.56 Å². The van der Waals surface area contributed by atoms with Crippen molar-refractivity contribution in [3.8, 4) is 0 Å². The molecule has 0 aromatic heterocycles. The fourth-order valence-electron chi connectivity index (χ4n) is 3.68. The standard InChI is InChI=1S/C19H28N2O2/c22-18-8-12-21(13-9-18)19(23)14-16-6-10-20(11-7-16)15-17-4-2-1-3-5-17/h1-5,16,18,22H,6-15H2. The lowest BCUT2D eigenvalue weighted by Crippen LogP contribution is -2.42. The second kappa shape index (κ2) is 7.93. The first-order valence-electron chi connectivity index (χ1n) is 8.93. The molecule has 0 atom stereocenters. The van der Waals surface area contributed by atoms with Crippen LogP contribution in [0.15, 0.2) is 30.3 Å². The fraction of sp³-hybridized carbons (Fsp3) is 0.632. The number of aliphatic hydroxyl groups excluding tert-OH is 1. The highest BCUT2D eigenvalue weighted by Crippen LogP contribution is 2.23. The molecule has 2 heterocycles. The molecule has 4 nitrogen and oxygen atoms in total. The molecule has 1 amide bonds. The SMILES string of the molecule is O=C(CC1CCN(Cc2ccccc2)CC1)N1CCC(O)CC1. The average molecular weight is 316 g/mol. The van der Waals surface area contributed by atoms with Gasteiger partial charge in [0.2, 0.25) is 5.91 Å². The molecule has 0 aliphatic carbocycles. The Labute approximate surface area is 139 Å². The molecule has 2 aliphatic heterocycles. The van der Waals surface area contributed by atoms with E-state index in [1.807, 2.05) is 4.90 Å². The minimum Gasteiger partial charge on any atom is -0.393 e. The highest BCUT2D eigenvalue weighted by Gasteiger charge is 2.26. The van der Waals surface area contributed by atoms with Gasteiger partial charge in [0.25, 0.3) is 0 Å². The van der Waals surface area contributed by atoms with E-state index < -0.39 is 0 Å². The Hall–Kier alpha value is -1.39. The van der Waals surface area contributed by atoms with Crippen LogP contribution in [0.2, 0.25) is 0 Å². The van der Waals surface area contributed by atoms with Gasteiger partial charge in [-0.2, -0.15) is 0 Å². The number of hydrogen-bond acceptors (Lipinski definition) is 3. The molecule has 0 spiro atoms. The Morgan fingerprint density at radius 2 is 1.65 bits per heavy atom. The second-order valence-corrected chi connectivity index (χ2v) is 7.02. The Morgan fingerprint density at radius 3 is 2.30 bits per heavy atom. The van der Waals surface area contributed by atoms with Gasteiger partial charge in [-0.05, 0) is 50.3 Å². The van der Waals surface area contributed by atoms with Gasteiger partial charge >= 0.3 is 0 Å². The largest absolute Gasteiger partial charge is 0.393 e. The zero-order valence-electron chi connectivity index (χ0n) is 13.9. The molecular weight excluding hydrogens is 288 g/mol. The van der Waals surface area contributed by atoms with Gasteiger partial charge in [-0.1, -0.05) is 30.3 Å². The van der Waals surface area contributed by atoms with E-state index in [1.54, 1.807) is 0 Å². The highest BCUT2D eigenvalue weighted by molar-refractivity contribution is 5.76. The van der Waals surface area contributed by atoms with E-state index in [-0.39, 0.29) is 6.10 Å². The van der Waals surface area contributed by atoms with Crippen LogP contribution < -0.4 is 0 Å². The number of hydrogen-bond donors (Lipinski definition) is 1. The van der Waals surface area contributed by atoms with Gasteiger partial charge in [-0.15, -0.1) is 0 Å². The number of carbonyl (C=O) groups excluding carboxylic acids is 1. The molecule has 0 bridgehead atoms. The quantitative estimate of drug-likeness (QED) is 0.927. The number of benzene rings is 1. The van der Waals surface area contributed by atoms with E-state index >= 15 is 0 Å². The molecule has 3 rings (SSSR count). The van der Waals surface area contributed by atoms with Crippen molar-refractivity contribution in [3.63, 3.8) is 0 Å². The average Bonchev–Trinajstić information content (AvgIpc) is 2.58. The maximum absolute atomic E-state index is 12.4. The van der Waals surface area contributed by atoms with E-state index in [0.29, 0.717) is 18.2 Å². The van der Waals surface area contributed by atoms with Gasteiger partial charge in [0.15, 0.2) is 0 Å². The first kappa shape index (κ1) is 16.5. The molecule has 1 aromatic carbocycles. The van der Waals surface area contributed by atoms with Gasteiger partial charge in [0.1, 0.15) is 0 Å². The number of piperidine rings is 2. The molecule has 4 heteroatoms. The lowest BCUT2D eigenvalue weighted by atomic mass is 9.92. The minimum absolute atomic E-state index is 0.208. The van der Waals surface area contributed by atoms with Crippen molar-refractivity contribution in [3.05, 3.63) is 35.9 Å². The van der Waals surface area contributed by atoms with Crippen molar-refractivity contribution in [2.75, 3.05) is 26.2 Å². The molecule has 1 N–H and O–H groups in total. The first-order chi connectivity index (χ1) is 11.2. The van der Waals surface area contributed by atoms with Crippen molar-refractivity contribution in [2.45, 2.75) is 44.8 Å². The molecule has 0 saturated carbocycles. The Morgan fingerprint density at radius 1 is 1.00 bits per heavy atom. The number of aliphatic hydroxyl groups is 1. The summed E-state index contributed by atoms with van der Waals surface area (Å²) in [5, 5.41) is 9.54. The second-order valence-electron chi connectivity index (χ2n) is 7.02. The summed E-state index contributed by atoms with van der Waals surface area (Å²) in [4.78, 5) is 16.8. The normalized spacial score (nSPS) is 21.5. The lowest BCUT2D eigenvalue weighted by Gasteiger charge is -2.34. The number of amides is 1. The van der Waals surface area contributed by atoms with Crippen LogP contribution in [0.4, 0.5) is 0 Å². The van der Waals surface area contributed by atoms with Gasteiger partial charge in [0.05, 0.1) is 6.10 Å². The van der Waals surface area contributed by atoms with Crippen molar-refractivity contribution in [1.29, 1.82) is 0 Å². The molecule has 126 valence electrons. The van der Waals surface area contributed by atoms with Crippen LogP contribution in [0.5, 0.6) is 0 Å². The first-order valence-corrected chi connectivity index (χ1v) is 8.93. The molecule has 2 aliphatic rings. The fourth-order valence-corrected chi connectivity index (χ4v) is 3.68. The van der Waals surface area contributed by atoms with Crippen LogP contribution >= 0.6 is 0 Å². The Balaban J connectivity index is 1.40. The van der Waals surface area contributed by atoms with Crippen LogP contribution in [-0.4, -0.2) is 53.1 Å². The summed E-state index contributed by atoms with van der Waals surface area (Å²) in [6.45, 7) is 4.66. The summed E-state index contributed by atoms with van der Waals surface area (Å²) >= 11 is 0. The van der Waals surface area contributed by atoms with Gasteiger partial charge in [0, 0.05) is 26.1 Å². The third-order valence-electron chi connectivity index (χ3n) is 5.24. The van der Waals surface area contributed by atoms with Crippen LogP contribution in [0.1, 0.15) is 37.7 Å². The molecule has 0 unspecified atom stereocenters. The van der Waals surface area contributed by atoms with Crippen LogP contribution in [0, 0.1) is 5.92 Å². The third kappa shape index (κ3) is 4.79. The summed E-state index contributed by atoms with van der Waals surface area (Å²) in [5.41, 5.74) is 1.37. The van der Waals surface area contributed by atoms with Crippen LogP contribution in [-0.2, 0) is 11.3 Å². The van der Waals surface area contributed by atoms with E-state index in [2.05, 4.69) is 35.2 Å². The lowest BCUT2D eigenvalue weighted by molar-refractivity contribution is -0.134. The summed E-state index contributed by atoms with van der Waals surface area (Å²) in [6.07, 6.45) is 4.20. The Kier molecular flexibility index (Phi) is 5.68. The monoisotopic (exact) mass is 316 g/mol. The molecular formula is C19H28N2O2. The maximum atomic E-state index is 12.4. The zero-order valence-corrected chi connectivity index (χ0v) is 13.9. The van der Waals surface area contributed by atoms with Crippen LogP contribution in [0.25, 0.3) is 0 Å². The summed E-state index contributed by atoms with van der Waals surface area (Å²) in [7, 11) is 0. The third-order valence-corrected chi connectivity index (χ3v) is 5.24. The molecule has 2 fully saturated rings. The van der Waals surface area contributed by atoms with Crippen molar-refractivity contribution >= 4 is 5.91 Å². The van der Waals surface area contributed by atoms with Crippen LogP contribution in [0.3, 0.4) is 0 Å². The van der Waals surface area contributed by atoms with E-state index in [0.717, 1.165) is 58.4 Å². The zero-order chi connectivity index (χ0) is 16.1. The van der Waals surface area contributed by atoms with Gasteiger partial charge in [-0.3, -0.25) is 9.69 Å². The predicted molar refractivity (Wildman–Crippen MR) is 90.9 cm³/mol. The number of likely N-dealkylation sites (tertiary alicyclic amines) is 2. The maximum Gasteiger partial charge on any atom is 0.222 e. The minimum atomic E-state index is -0.208. The van der Waals surface area contributed by atoms with E-state index in [4.69, 9.17) is 0 Å². The topological polar surface area (TPSA) is 43.8 Å².